The first-order valence-electron chi connectivity index (χ1n) is 7.74. The number of methoxy groups -OCH3 is 1. The molecule has 3 heterocycles. The summed E-state index contributed by atoms with van der Waals surface area (Å²) in [5.41, 5.74) is 0.810. The fraction of sp³-hybridized carbons (Fsp3) is 0.167. The fourth-order valence-corrected chi connectivity index (χ4v) is 4.48. The van der Waals surface area contributed by atoms with Gasteiger partial charge in [0.05, 0.1) is 12.5 Å². The molecule has 0 bridgehead atoms. The van der Waals surface area contributed by atoms with Crippen molar-refractivity contribution < 1.29 is 9.15 Å². The second kappa shape index (κ2) is 6.62. The minimum atomic E-state index is -0.420. The average Bonchev–Trinajstić information content (AvgIpc) is 3.11. The highest BCUT2D eigenvalue weighted by Crippen LogP contribution is 2.28. The van der Waals surface area contributed by atoms with Crippen LogP contribution in [0.15, 0.2) is 54.9 Å². The van der Waals surface area contributed by atoms with Gasteiger partial charge in [0.1, 0.15) is 16.2 Å². The van der Waals surface area contributed by atoms with Crippen LogP contribution in [0, 0.1) is 0 Å². The Morgan fingerprint density at radius 3 is 2.88 bits per heavy atom. The highest BCUT2D eigenvalue weighted by molar-refractivity contribution is 7.98. The molecule has 0 N–H and O–H groups in total. The highest BCUT2D eigenvalue weighted by Gasteiger charge is 2.12. The largest absolute Gasteiger partial charge is 0.497 e. The van der Waals surface area contributed by atoms with Crippen LogP contribution in [0.25, 0.3) is 21.2 Å². The van der Waals surface area contributed by atoms with Crippen LogP contribution >= 0.6 is 23.1 Å². The molecule has 1 aromatic carbocycles. The van der Waals surface area contributed by atoms with Gasteiger partial charge < -0.3 is 9.15 Å². The number of aromatic nitrogens is 2. The van der Waals surface area contributed by atoms with Crippen LogP contribution in [0.4, 0.5) is 0 Å². The molecule has 4 aromatic rings. The van der Waals surface area contributed by atoms with Gasteiger partial charge >= 0.3 is 5.63 Å². The first-order chi connectivity index (χ1) is 12.6. The quantitative estimate of drug-likeness (QED) is 0.304. The molecular formula is C18H14N2O4S2. The molecular weight excluding hydrogens is 372 g/mol. The van der Waals surface area contributed by atoms with E-state index >= 15 is 0 Å². The van der Waals surface area contributed by atoms with E-state index in [4.69, 9.17) is 9.15 Å². The van der Waals surface area contributed by atoms with Crippen LogP contribution in [0.1, 0.15) is 5.56 Å². The highest BCUT2D eigenvalue weighted by atomic mass is 32.2. The maximum atomic E-state index is 12.4. The molecule has 132 valence electrons. The van der Waals surface area contributed by atoms with E-state index in [0.29, 0.717) is 27.6 Å². The van der Waals surface area contributed by atoms with Crippen molar-refractivity contribution >= 4 is 44.3 Å². The van der Waals surface area contributed by atoms with Crippen molar-refractivity contribution in [2.45, 2.75) is 10.9 Å². The summed E-state index contributed by atoms with van der Waals surface area (Å²) in [7, 11) is 3.27. The van der Waals surface area contributed by atoms with Crippen molar-refractivity contribution in [3.8, 4) is 5.75 Å². The maximum Gasteiger partial charge on any atom is 0.336 e. The van der Waals surface area contributed by atoms with Gasteiger partial charge in [0.15, 0.2) is 5.16 Å². The summed E-state index contributed by atoms with van der Waals surface area (Å²) in [4.78, 5) is 29.6. The van der Waals surface area contributed by atoms with E-state index in [1.54, 1.807) is 26.3 Å². The maximum absolute atomic E-state index is 12.4. The van der Waals surface area contributed by atoms with E-state index in [1.807, 2.05) is 17.5 Å². The van der Waals surface area contributed by atoms with E-state index in [1.165, 1.54) is 33.7 Å². The Bertz CT molecular complexity index is 1240. The zero-order chi connectivity index (χ0) is 18.3. The molecule has 0 aliphatic heterocycles. The van der Waals surface area contributed by atoms with Crippen LogP contribution in [-0.2, 0) is 12.8 Å². The molecule has 3 aromatic heterocycles. The minimum absolute atomic E-state index is 0.0686. The number of ether oxygens (including phenoxy) is 1. The lowest BCUT2D eigenvalue weighted by molar-refractivity contribution is 0.414. The fourth-order valence-electron chi connectivity index (χ4n) is 2.71. The number of hydrogen-bond acceptors (Lipinski definition) is 7. The molecule has 0 amide bonds. The van der Waals surface area contributed by atoms with Gasteiger partial charge in [-0.25, -0.2) is 9.78 Å². The van der Waals surface area contributed by atoms with Crippen LogP contribution in [0.5, 0.6) is 5.75 Å². The van der Waals surface area contributed by atoms with Crippen molar-refractivity contribution in [2.75, 3.05) is 7.11 Å². The SMILES string of the molecule is COc1ccc2c(CSc3nc4sccc4c(=O)n3C)cc(=O)oc2c1. The Balaban J connectivity index is 1.73. The molecule has 4 rings (SSSR count). The molecule has 0 fully saturated rings. The number of nitrogens with zero attached hydrogens (tertiary/aromatic N) is 2. The van der Waals surface area contributed by atoms with Gasteiger partial charge in [-0.05, 0) is 29.1 Å². The number of thioether (sulfide) groups is 1. The molecule has 26 heavy (non-hydrogen) atoms. The van der Waals surface area contributed by atoms with Crippen LogP contribution in [-0.4, -0.2) is 16.7 Å². The Labute approximate surface area is 156 Å². The van der Waals surface area contributed by atoms with Crippen LogP contribution < -0.4 is 15.9 Å². The molecule has 0 atom stereocenters. The zero-order valence-electron chi connectivity index (χ0n) is 14.0. The van der Waals surface area contributed by atoms with Crippen molar-refractivity contribution in [3.63, 3.8) is 0 Å². The molecule has 0 saturated carbocycles. The van der Waals surface area contributed by atoms with E-state index in [2.05, 4.69) is 4.98 Å². The van der Waals surface area contributed by atoms with Crippen molar-refractivity contribution in [2.24, 2.45) is 7.05 Å². The number of hydrogen-bond donors (Lipinski definition) is 0. The summed E-state index contributed by atoms with van der Waals surface area (Å²) < 4.78 is 12.0. The molecule has 0 aliphatic rings. The van der Waals surface area contributed by atoms with Gasteiger partial charge in [0.25, 0.3) is 5.56 Å². The molecule has 0 unspecified atom stereocenters. The summed E-state index contributed by atoms with van der Waals surface area (Å²) in [6.07, 6.45) is 0. The molecule has 0 spiro atoms. The lowest BCUT2D eigenvalue weighted by Crippen LogP contribution is -2.19. The lowest BCUT2D eigenvalue weighted by atomic mass is 10.1. The first kappa shape index (κ1) is 16.9. The Kier molecular flexibility index (Phi) is 4.29. The van der Waals surface area contributed by atoms with E-state index < -0.39 is 5.63 Å². The van der Waals surface area contributed by atoms with Crippen molar-refractivity contribution in [3.05, 3.63) is 62.0 Å². The summed E-state index contributed by atoms with van der Waals surface area (Å²) in [6.45, 7) is 0. The van der Waals surface area contributed by atoms with E-state index in [0.717, 1.165) is 15.8 Å². The first-order valence-corrected chi connectivity index (χ1v) is 9.61. The van der Waals surface area contributed by atoms with E-state index in [9.17, 15) is 9.59 Å². The monoisotopic (exact) mass is 386 g/mol. The van der Waals surface area contributed by atoms with Gasteiger partial charge in [-0.1, -0.05) is 11.8 Å². The van der Waals surface area contributed by atoms with Gasteiger partial charge in [-0.3, -0.25) is 9.36 Å². The Morgan fingerprint density at radius 2 is 2.08 bits per heavy atom. The predicted octanol–water partition coefficient (Wildman–Crippen LogP) is 3.40. The smallest absolute Gasteiger partial charge is 0.336 e. The third-order valence-electron chi connectivity index (χ3n) is 4.06. The third-order valence-corrected chi connectivity index (χ3v) is 5.94. The number of thiophene rings is 1. The zero-order valence-corrected chi connectivity index (χ0v) is 15.6. The summed E-state index contributed by atoms with van der Waals surface area (Å²) >= 11 is 2.85. The Hall–Kier alpha value is -2.58. The topological polar surface area (TPSA) is 74.3 Å². The van der Waals surface area contributed by atoms with Crippen LogP contribution in [0.2, 0.25) is 0 Å². The molecule has 0 saturated heterocycles. The van der Waals surface area contributed by atoms with Gasteiger partial charge in [0.2, 0.25) is 0 Å². The average molecular weight is 386 g/mol. The van der Waals surface area contributed by atoms with Gasteiger partial charge in [-0.15, -0.1) is 11.3 Å². The lowest BCUT2D eigenvalue weighted by Gasteiger charge is -2.09. The Morgan fingerprint density at radius 1 is 1.23 bits per heavy atom. The van der Waals surface area contributed by atoms with Crippen molar-refractivity contribution in [1.82, 2.24) is 9.55 Å². The second-order valence-electron chi connectivity index (χ2n) is 5.64. The minimum Gasteiger partial charge on any atom is -0.497 e. The summed E-state index contributed by atoms with van der Waals surface area (Å²) in [6, 6.07) is 8.64. The standard InChI is InChI=1S/C18H14N2O4S2/c1-20-17(22)13-5-6-25-16(13)19-18(20)26-9-10-7-15(21)24-14-8-11(23-2)3-4-12(10)14/h3-8H,9H2,1-2H3. The van der Waals surface area contributed by atoms with E-state index in [-0.39, 0.29) is 5.56 Å². The normalized spacial score (nSPS) is 11.3. The molecule has 0 radical (unpaired) electrons. The summed E-state index contributed by atoms with van der Waals surface area (Å²) in [5.74, 6) is 1.11. The number of fused-ring (bicyclic) bond motifs is 2. The summed E-state index contributed by atoms with van der Waals surface area (Å²) in [5, 5.41) is 3.93. The number of rotatable bonds is 4. The van der Waals surface area contributed by atoms with Crippen LogP contribution in [0.3, 0.4) is 0 Å². The third kappa shape index (κ3) is 2.91. The van der Waals surface area contributed by atoms with Gasteiger partial charge in [0, 0.05) is 30.3 Å². The second-order valence-corrected chi connectivity index (χ2v) is 7.48. The number of benzene rings is 1. The molecule has 8 heteroatoms. The predicted molar refractivity (Wildman–Crippen MR) is 103 cm³/mol. The molecule has 0 aliphatic carbocycles. The molecule has 6 nitrogen and oxygen atoms in total. The van der Waals surface area contributed by atoms with Crippen molar-refractivity contribution in [1.29, 1.82) is 0 Å². The van der Waals surface area contributed by atoms with Gasteiger partial charge in [-0.2, -0.15) is 0 Å².